The fourth-order valence-electron chi connectivity index (χ4n) is 2.53. The number of amides is 1. The second-order valence-electron chi connectivity index (χ2n) is 6.00. The Morgan fingerprint density at radius 3 is 2.58 bits per heavy atom. The molecule has 0 aliphatic rings. The summed E-state index contributed by atoms with van der Waals surface area (Å²) >= 11 is 7.55. The monoisotopic (exact) mass is 455 g/mol. The number of hydrogen-bond acceptors (Lipinski definition) is 7. The lowest BCUT2D eigenvalue weighted by Crippen LogP contribution is -2.13. The Bertz CT molecular complexity index is 1110. The number of carbonyl (C=O) groups excluding carboxylic acids is 1. The molecule has 7 nitrogen and oxygen atoms in total. The molecule has 0 aliphatic heterocycles. The van der Waals surface area contributed by atoms with E-state index in [0.717, 1.165) is 0 Å². The number of nitrogens with zero attached hydrogens (tertiary/aromatic N) is 2. The number of carbonyl (C=O) groups is 1. The summed E-state index contributed by atoms with van der Waals surface area (Å²) in [6.45, 7) is 0.570. The van der Waals surface area contributed by atoms with E-state index in [9.17, 15) is 10.1 Å². The second kappa shape index (κ2) is 11.0. The Balaban J connectivity index is 1.58. The topological polar surface area (TPSA) is 93.5 Å². The molecule has 0 saturated heterocycles. The summed E-state index contributed by atoms with van der Waals surface area (Å²) in [7, 11) is 1.58. The molecule has 0 atom stereocenters. The molecule has 2 aromatic carbocycles. The number of hydrogen-bond donors (Lipinski definition) is 1. The van der Waals surface area contributed by atoms with Gasteiger partial charge < -0.3 is 14.2 Å². The van der Waals surface area contributed by atoms with E-state index in [4.69, 9.17) is 25.8 Å². The average Bonchev–Trinajstić information content (AvgIpc) is 3.29. The molecule has 0 unspecified atom stereocenters. The molecule has 1 heterocycles. The summed E-state index contributed by atoms with van der Waals surface area (Å²) in [5.41, 5.74) is 0.526. The van der Waals surface area contributed by atoms with Crippen LogP contribution in [-0.2, 0) is 4.79 Å². The largest absolute Gasteiger partial charge is 0.493 e. The maximum absolute atomic E-state index is 12.2. The van der Waals surface area contributed by atoms with Crippen molar-refractivity contribution in [2.75, 3.05) is 25.6 Å². The predicted octanol–water partition coefficient (Wildman–Crippen LogP) is 4.81. The molecular formula is C22H18ClN3O4S. The molecule has 1 amide bonds. The van der Waals surface area contributed by atoms with Crippen molar-refractivity contribution in [2.45, 2.75) is 0 Å². The molecule has 31 heavy (non-hydrogen) atoms. The minimum absolute atomic E-state index is 0.0647. The minimum Gasteiger partial charge on any atom is -0.493 e. The van der Waals surface area contributed by atoms with Crippen LogP contribution in [0.3, 0.4) is 0 Å². The van der Waals surface area contributed by atoms with Crippen LogP contribution in [0.15, 0.2) is 59.6 Å². The van der Waals surface area contributed by atoms with Crippen molar-refractivity contribution in [3.8, 4) is 23.3 Å². The van der Waals surface area contributed by atoms with Crippen LogP contribution in [0.2, 0.25) is 5.02 Å². The van der Waals surface area contributed by atoms with Gasteiger partial charge in [0.05, 0.1) is 12.1 Å². The van der Waals surface area contributed by atoms with Gasteiger partial charge in [-0.05, 0) is 35.9 Å². The Morgan fingerprint density at radius 2 is 1.94 bits per heavy atom. The van der Waals surface area contributed by atoms with Crippen molar-refractivity contribution in [1.29, 1.82) is 5.26 Å². The van der Waals surface area contributed by atoms with E-state index in [1.807, 2.05) is 30.3 Å². The minimum atomic E-state index is -0.539. The third kappa shape index (κ3) is 6.22. The van der Waals surface area contributed by atoms with Crippen LogP contribution in [0.25, 0.3) is 6.08 Å². The summed E-state index contributed by atoms with van der Waals surface area (Å²) in [5, 5.41) is 14.4. The van der Waals surface area contributed by atoms with Gasteiger partial charge in [0.25, 0.3) is 5.91 Å². The number of ether oxygens (including phenoxy) is 3. The first kappa shape index (κ1) is 22.2. The Labute approximate surface area is 188 Å². The number of anilines is 1. The molecule has 9 heteroatoms. The highest BCUT2D eigenvalue weighted by Crippen LogP contribution is 2.28. The van der Waals surface area contributed by atoms with Gasteiger partial charge in [-0.2, -0.15) is 5.26 Å². The van der Waals surface area contributed by atoms with E-state index in [0.29, 0.717) is 39.6 Å². The van der Waals surface area contributed by atoms with Gasteiger partial charge in [-0.1, -0.05) is 29.8 Å². The number of halogens is 1. The molecule has 3 rings (SSSR count). The summed E-state index contributed by atoms with van der Waals surface area (Å²) in [4.78, 5) is 16.2. The first-order valence-corrected chi connectivity index (χ1v) is 10.4. The zero-order valence-electron chi connectivity index (χ0n) is 16.5. The lowest BCUT2D eigenvalue weighted by molar-refractivity contribution is -0.112. The van der Waals surface area contributed by atoms with E-state index >= 15 is 0 Å². The number of nitrogens with one attached hydrogen (secondary N) is 1. The van der Waals surface area contributed by atoms with Crippen molar-refractivity contribution in [1.82, 2.24) is 4.98 Å². The average molecular weight is 456 g/mol. The van der Waals surface area contributed by atoms with Gasteiger partial charge in [0.2, 0.25) is 0 Å². The van der Waals surface area contributed by atoms with Gasteiger partial charge in [-0.3, -0.25) is 10.1 Å². The SMILES string of the molecule is COc1ccccc1OCCOc1ccc(/C=C(/C#N)C(=O)Nc2nccs2)cc1Cl. The third-order valence-electron chi connectivity index (χ3n) is 3.95. The summed E-state index contributed by atoms with van der Waals surface area (Å²) in [5.74, 6) is 1.19. The lowest BCUT2D eigenvalue weighted by Gasteiger charge is -2.12. The highest BCUT2D eigenvalue weighted by atomic mass is 35.5. The van der Waals surface area contributed by atoms with Crippen LogP contribution in [0, 0.1) is 11.3 Å². The third-order valence-corrected chi connectivity index (χ3v) is 4.94. The Kier molecular flexibility index (Phi) is 7.87. The molecule has 0 fully saturated rings. The highest BCUT2D eigenvalue weighted by molar-refractivity contribution is 7.13. The molecule has 1 N–H and O–H groups in total. The second-order valence-corrected chi connectivity index (χ2v) is 7.30. The van der Waals surface area contributed by atoms with Crippen LogP contribution in [-0.4, -0.2) is 31.2 Å². The number of rotatable bonds is 9. The van der Waals surface area contributed by atoms with E-state index < -0.39 is 5.91 Å². The van der Waals surface area contributed by atoms with Crippen molar-refractivity contribution in [3.05, 3.63) is 70.2 Å². The van der Waals surface area contributed by atoms with Crippen LogP contribution < -0.4 is 19.5 Å². The van der Waals surface area contributed by atoms with Crippen LogP contribution in [0.4, 0.5) is 5.13 Å². The molecule has 1 aromatic heterocycles. The van der Waals surface area contributed by atoms with Crippen LogP contribution in [0.5, 0.6) is 17.2 Å². The number of nitriles is 1. The van der Waals surface area contributed by atoms with E-state index in [1.165, 1.54) is 17.4 Å². The van der Waals surface area contributed by atoms with Crippen LogP contribution in [0.1, 0.15) is 5.56 Å². The van der Waals surface area contributed by atoms with Gasteiger partial charge >= 0.3 is 0 Å². The van der Waals surface area contributed by atoms with Crippen molar-refractivity contribution < 1.29 is 19.0 Å². The van der Waals surface area contributed by atoms with E-state index in [2.05, 4.69) is 10.3 Å². The van der Waals surface area contributed by atoms with Gasteiger partial charge in [0, 0.05) is 11.6 Å². The van der Waals surface area contributed by atoms with E-state index in [-0.39, 0.29) is 12.2 Å². The first-order valence-electron chi connectivity index (χ1n) is 9.11. The number of aromatic nitrogens is 1. The fourth-order valence-corrected chi connectivity index (χ4v) is 3.30. The maximum Gasteiger partial charge on any atom is 0.268 e. The maximum atomic E-state index is 12.2. The summed E-state index contributed by atoms with van der Waals surface area (Å²) < 4.78 is 16.6. The molecule has 0 spiro atoms. The predicted molar refractivity (Wildman–Crippen MR) is 120 cm³/mol. The van der Waals surface area contributed by atoms with Crippen molar-refractivity contribution in [2.24, 2.45) is 0 Å². The number of benzene rings is 2. The molecule has 0 bridgehead atoms. The lowest BCUT2D eigenvalue weighted by atomic mass is 10.1. The van der Waals surface area contributed by atoms with Crippen molar-refractivity contribution in [3.63, 3.8) is 0 Å². The quantitative estimate of drug-likeness (QED) is 0.283. The summed E-state index contributed by atoms with van der Waals surface area (Å²) in [6, 6.07) is 14.2. The van der Waals surface area contributed by atoms with E-state index in [1.54, 1.807) is 36.9 Å². The first-order chi connectivity index (χ1) is 15.1. The fraction of sp³-hybridized carbons (Fsp3) is 0.136. The van der Waals surface area contributed by atoms with Crippen LogP contribution >= 0.6 is 22.9 Å². The Hall–Kier alpha value is -3.54. The van der Waals surface area contributed by atoms with Gasteiger partial charge in [0.15, 0.2) is 16.6 Å². The van der Waals surface area contributed by atoms with Gasteiger partial charge in [0.1, 0.15) is 30.6 Å². The molecule has 0 radical (unpaired) electrons. The molecule has 158 valence electrons. The normalized spacial score (nSPS) is 10.8. The zero-order chi connectivity index (χ0) is 22.1. The highest BCUT2D eigenvalue weighted by Gasteiger charge is 2.12. The molecular weight excluding hydrogens is 438 g/mol. The summed E-state index contributed by atoms with van der Waals surface area (Å²) in [6.07, 6.45) is 3.01. The smallest absolute Gasteiger partial charge is 0.268 e. The molecule has 3 aromatic rings. The van der Waals surface area contributed by atoms with Gasteiger partial charge in [-0.25, -0.2) is 4.98 Å². The molecule has 0 saturated carbocycles. The zero-order valence-corrected chi connectivity index (χ0v) is 18.1. The number of thiazole rings is 1. The van der Waals surface area contributed by atoms with Crippen molar-refractivity contribution >= 4 is 40.1 Å². The number of para-hydroxylation sites is 2. The standard InChI is InChI=1S/C22H18ClN3O4S/c1-28-19-4-2-3-5-20(19)30-10-9-29-18-7-6-15(13-17(18)23)12-16(14-24)21(27)26-22-25-8-11-31-22/h2-8,11-13H,9-10H2,1H3,(H,25,26,27)/b16-12-. The van der Waals surface area contributed by atoms with Gasteiger partial charge in [-0.15, -0.1) is 11.3 Å². The molecule has 0 aliphatic carbocycles. The number of methoxy groups -OCH3 is 1. The Morgan fingerprint density at radius 1 is 1.19 bits per heavy atom.